The normalized spacial score (nSPS) is 11.2. The van der Waals surface area contributed by atoms with E-state index in [4.69, 9.17) is 8.83 Å². The summed E-state index contributed by atoms with van der Waals surface area (Å²) in [7, 11) is 0. The molecule has 3 aromatic heterocycles. The van der Waals surface area contributed by atoms with Crippen LogP contribution in [0.2, 0.25) is 0 Å². The molecule has 1 aromatic carbocycles. The molecule has 0 unspecified atom stereocenters. The molecular weight excluding hydrogens is 352 g/mol. The lowest BCUT2D eigenvalue weighted by Gasteiger charge is -2.01. The number of aromatic carboxylic acids is 1. The molecule has 4 rings (SSSR count). The Morgan fingerprint density at radius 1 is 1.04 bits per heavy atom. The lowest BCUT2D eigenvalue weighted by atomic mass is 10.1. The number of hydrogen-bond donors (Lipinski definition) is 1. The molecule has 0 saturated carbocycles. The Labute approximate surface area is 152 Å². The quantitative estimate of drug-likeness (QED) is 0.546. The lowest BCUT2D eigenvalue weighted by Crippen LogP contribution is -2.04. The van der Waals surface area contributed by atoms with Crippen molar-refractivity contribution in [2.75, 3.05) is 0 Å². The fourth-order valence-corrected chi connectivity index (χ4v) is 4.21. The van der Waals surface area contributed by atoms with Gasteiger partial charge in [-0.2, -0.15) is 0 Å². The van der Waals surface area contributed by atoms with Gasteiger partial charge in [0.05, 0.1) is 11.1 Å². The van der Waals surface area contributed by atoms with Crippen LogP contribution < -0.4 is 5.63 Å². The number of carboxylic acid groups (broad SMARTS) is 1. The summed E-state index contributed by atoms with van der Waals surface area (Å²) < 4.78 is 11.2. The number of aryl methyl sites for hydroxylation is 1. The highest BCUT2D eigenvalue weighted by atomic mass is 32.1. The molecule has 6 heteroatoms. The van der Waals surface area contributed by atoms with Crippen molar-refractivity contribution in [3.8, 4) is 22.0 Å². The van der Waals surface area contributed by atoms with Crippen molar-refractivity contribution >= 4 is 28.3 Å². The van der Waals surface area contributed by atoms with E-state index in [0.717, 1.165) is 5.39 Å². The van der Waals surface area contributed by atoms with Crippen LogP contribution in [0.1, 0.15) is 20.8 Å². The van der Waals surface area contributed by atoms with E-state index >= 15 is 0 Å². The second kappa shape index (κ2) is 6.00. The average molecular weight is 366 g/mol. The molecule has 1 N–H and O–H groups in total. The molecule has 0 amide bonds. The number of benzene rings is 1. The summed E-state index contributed by atoms with van der Waals surface area (Å²) in [6.45, 7) is 3.43. The van der Waals surface area contributed by atoms with Gasteiger partial charge in [0.2, 0.25) is 0 Å². The van der Waals surface area contributed by atoms with Gasteiger partial charge in [-0.05, 0) is 43.7 Å². The number of carbonyl (C=O) groups is 1. The first kappa shape index (κ1) is 16.4. The predicted molar refractivity (Wildman–Crippen MR) is 99.9 cm³/mol. The Balaban J connectivity index is 1.81. The van der Waals surface area contributed by atoms with Crippen LogP contribution in [-0.4, -0.2) is 11.1 Å². The second-order valence-electron chi connectivity index (χ2n) is 5.94. The Bertz CT molecular complexity index is 1180. The third-order valence-corrected chi connectivity index (χ3v) is 5.51. The van der Waals surface area contributed by atoms with Gasteiger partial charge in [0.25, 0.3) is 0 Å². The van der Waals surface area contributed by atoms with Gasteiger partial charge in [-0.1, -0.05) is 18.2 Å². The Morgan fingerprint density at radius 3 is 2.46 bits per heavy atom. The molecule has 0 aliphatic carbocycles. The summed E-state index contributed by atoms with van der Waals surface area (Å²) in [4.78, 5) is 25.2. The number of para-hydroxylation sites is 1. The van der Waals surface area contributed by atoms with Crippen LogP contribution in [0.3, 0.4) is 0 Å². The van der Waals surface area contributed by atoms with E-state index in [2.05, 4.69) is 0 Å². The van der Waals surface area contributed by atoms with Crippen molar-refractivity contribution in [3.05, 3.63) is 68.9 Å². The van der Waals surface area contributed by atoms with Crippen molar-refractivity contribution in [1.82, 2.24) is 0 Å². The predicted octanol–water partition coefficient (Wildman–Crippen LogP) is 5.10. The number of rotatable bonds is 3. The van der Waals surface area contributed by atoms with Crippen molar-refractivity contribution in [2.24, 2.45) is 0 Å². The molecule has 0 aliphatic rings. The highest BCUT2D eigenvalue weighted by molar-refractivity contribution is 7.16. The smallest absolute Gasteiger partial charge is 0.345 e. The minimum atomic E-state index is -0.995. The van der Waals surface area contributed by atoms with E-state index < -0.39 is 11.6 Å². The average Bonchev–Trinajstić information content (AvgIpc) is 3.15. The van der Waals surface area contributed by atoms with Crippen LogP contribution in [-0.2, 0) is 0 Å². The third-order valence-electron chi connectivity index (χ3n) is 4.27. The molecule has 0 bridgehead atoms. The lowest BCUT2D eigenvalue weighted by molar-refractivity contribution is 0.0696. The second-order valence-corrected chi connectivity index (χ2v) is 7.17. The number of thiophene rings is 1. The zero-order chi connectivity index (χ0) is 18.4. The first-order chi connectivity index (χ1) is 12.5. The van der Waals surface area contributed by atoms with E-state index in [1.807, 2.05) is 30.3 Å². The van der Waals surface area contributed by atoms with Crippen molar-refractivity contribution in [1.29, 1.82) is 0 Å². The zero-order valence-electron chi connectivity index (χ0n) is 14.0. The molecule has 0 saturated heterocycles. The summed E-state index contributed by atoms with van der Waals surface area (Å²) in [5.74, 6) is -0.190. The minimum absolute atomic E-state index is 0.241. The fourth-order valence-electron chi connectivity index (χ4n) is 3.05. The van der Waals surface area contributed by atoms with E-state index in [9.17, 15) is 14.7 Å². The van der Waals surface area contributed by atoms with Gasteiger partial charge in [0.1, 0.15) is 5.58 Å². The van der Waals surface area contributed by atoms with Crippen LogP contribution in [0.4, 0.5) is 0 Å². The SMILES string of the molecule is Cc1sc(-c2ccc(-c3cc4ccccc4o3)oc2=O)c(C)c1C(=O)O. The maximum absolute atomic E-state index is 12.5. The zero-order valence-corrected chi connectivity index (χ0v) is 14.8. The van der Waals surface area contributed by atoms with Crippen LogP contribution in [0.15, 0.2) is 56.1 Å². The molecule has 0 atom stereocenters. The number of hydrogen-bond acceptors (Lipinski definition) is 5. The van der Waals surface area contributed by atoms with Crippen molar-refractivity contribution < 1.29 is 18.7 Å². The van der Waals surface area contributed by atoms with Gasteiger partial charge in [-0.25, -0.2) is 9.59 Å². The molecule has 0 aliphatic heterocycles. The van der Waals surface area contributed by atoms with Gasteiger partial charge in [-0.15, -0.1) is 11.3 Å². The van der Waals surface area contributed by atoms with Crippen molar-refractivity contribution in [3.63, 3.8) is 0 Å². The maximum atomic E-state index is 12.5. The van der Waals surface area contributed by atoms with Crippen LogP contribution >= 0.6 is 11.3 Å². The number of carboxylic acids is 1. The fraction of sp³-hybridized carbons (Fsp3) is 0.100. The number of furan rings is 1. The Hall–Kier alpha value is -3.12. The number of fused-ring (bicyclic) bond motifs is 1. The summed E-state index contributed by atoms with van der Waals surface area (Å²) in [6.07, 6.45) is 0. The maximum Gasteiger partial charge on any atom is 0.345 e. The molecular formula is C20H14O5S. The topological polar surface area (TPSA) is 80.7 Å². The highest BCUT2D eigenvalue weighted by Gasteiger charge is 2.21. The first-order valence-electron chi connectivity index (χ1n) is 7.92. The van der Waals surface area contributed by atoms with Crippen LogP contribution in [0, 0.1) is 13.8 Å². The van der Waals surface area contributed by atoms with Crippen LogP contribution in [0.25, 0.3) is 32.9 Å². The summed E-state index contributed by atoms with van der Waals surface area (Å²) in [6, 6.07) is 12.7. The molecule has 26 heavy (non-hydrogen) atoms. The Morgan fingerprint density at radius 2 is 1.81 bits per heavy atom. The van der Waals surface area contributed by atoms with E-state index in [-0.39, 0.29) is 5.56 Å². The van der Waals surface area contributed by atoms with Gasteiger partial charge in [0, 0.05) is 15.1 Å². The van der Waals surface area contributed by atoms with Crippen molar-refractivity contribution in [2.45, 2.75) is 13.8 Å². The largest absolute Gasteiger partial charge is 0.478 e. The Kier molecular flexibility index (Phi) is 3.77. The molecule has 0 spiro atoms. The summed E-state index contributed by atoms with van der Waals surface area (Å²) >= 11 is 1.28. The molecule has 130 valence electrons. The van der Waals surface area contributed by atoms with Gasteiger partial charge < -0.3 is 13.9 Å². The van der Waals surface area contributed by atoms with E-state index in [1.54, 1.807) is 26.0 Å². The van der Waals surface area contributed by atoms with Crippen LogP contribution in [0.5, 0.6) is 0 Å². The monoisotopic (exact) mass is 366 g/mol. The molecule has 3 heterocycles. The summed E-state index contributed by atoms with van der Waals surface area (Å²) in [5.41, 5.74) is 1.35. The highest BCUT2D eigenvalue weighted by Crippen LogP contribution is 2.35. The van der Waals surface area contributed by atoms with Gasteiger partial charge in [-0.3, -0.25) is 0 Å². The minimum Gasteiger partial charge on any atom is -0.478 e. The summed E-state index contributed by atoms with van der Waals surface area (Å²) in [5, 5.41) is 10.3. The molecule has 0 fully saturated rings. The van der Waals surface area contributed by atoms with Gasteiger partial charge in [0.15, 0.2) is 11.5 Å². The van der Waals surface area contributed by atoms with E-state index in [0.29, 0.717) is 38.0 Å². The molecule has 4 aromatic rings. The first-order valence-corrected chi connectivity index (χ1v) is 8.74. The molecule has 0 radical (unpaired) electrons. The standard InChI is InChI=1S/C20H14O5S/c1-10-17(19(21)22)11(2)26-18(10)13-7-8-15(25-20(13)23)16-9-12-5-3-4-6-14(12)24-16/h3-9H,1-2H3,(H,21,22). The van der Waals surface area contributed by atoms with Gasteiger partial charge >= 0.3 is 11.6 Å². The third kappa shape index (κ3) is 2.55. The molecule has 5 nitrogen and oxygen atoms in total. The van der Waals surface area contributed by atoms with E-state index in [1.165, 1.54) is 11.3 Å².